The highest BCUT2D eigenvalue weighted by Crippen LogP contribution is 2.14. The van der Waals surface area contributed by atoms with Crippen molar-refractivity contribution in [3.05, 3.63) is 11.1 Å². The standard InChI is InChI=1S/C7H18Si.C6H12.C3H10Si/c1-7(2)6-8(3,4)5;1-5(2)6(3)4;1-4(2)3/h7H,6H2,1-5H3;1-4H3;4H,1-3H3. The maximum Gasteiger partial charge on any atom is 0.0445 e. The number of hydrogen-bond donors (Lipinski definition) is 0. The van der Waals surface area contributed by atoms with Crippen molar-refractivity contribution in [2.45, 2.75) is 86.9 Å². The smallest absolute Gasteiger partial charge is 0.0445 e. The van der Waals surface area contributed by atoms with Crippen molar-refractivity contribution in [2.75, 3.05) is 0 Å². The molecule has 0 bridgehead atoms. The van der Waals surface area contributed by atoms with Gasteiger partial charge in [-0.2, -0.15) is 0 Å². The van der Waals surface area contributed by atoms with Crippen LogP contribution in [0.2, 0.25) is 45.3 Å². The van der Waals surface area contributed by atoms with E-state index < -0.39 is 8.07 Å². The molecule has 112 valence electrons. The molecular weight excluding hydrogens is 248 g/mol. The van der Waals surface area contributed by atoms with E-state index in [2.05, 4.69) is 80.8 Å². The molecule has 0 aromatic carbocycles. The fraction of sp³-hybridized carbons (Fsp3) is 0.875. The Morgan fingerprint density at radius 1 is 0.833 bits per heavy atom. The first kappa shape index (κ1) is 23.3. The average molecular weight is 289 g/mol. The van der Waals surface area contributed by atoms with Crippen LogP contribution in [0.1, 0.15) is 41.5 Å². The Kier molecular flexibility index (Phi) is 15.8. The molecule has 0 aliphatic heterocycles. The second-order valence-corrected chi connectivity index (χ2v) is 16.9. The monoisotopic (exact) mass is 288 g/mol. The zero-order valence-electron chi connectivity index (χ0n) is 15.4. The second kappa shape index (κ2) is 12.2. The molecule has 18 heavy (non-hydrogen) atoms. The van der Waals surface area contributed by atoms with E-state index in [0.29, 0.717) is 0 Å². The van der Waals surface area contributed by atoms with E-state index in [9.17, 15) is 0 Å². The Hall–Kier alpha value is 0.174. The molecule has 0 saturated heterocycles. The lowest BCUT2D eigenvalue weighted by molar-refractivity contribution is 0.721. The Morgan fingerprint density at radius 3 is 1.06 bits per heavy atom. The summed E-state index contributed by atoms with van der Waals surface area (Å²) in [4.78, 5) is 0. The molecule has 0 saturated carbocycles. The molecule has 0 nitrogen and oxygen atoms in total. The van der Waals surface area contributed by atoms with E-state index in [1.807, 2.05) is 0 Å². The van der Waals surface area contributed by atoms with Crippen molar-refractivity contribution in [3.63, 3.8) is 0 Å². The van der Waals surface area contributed by atoms with Gasteiger partial charge in [0.2, 0.25) is 0 Å². The van der Waals surface area contributed by atoms with Gasteiger partial charge in [0.05, 0.1) is 0 Å². The molecule has 0 atom stereocenters. The highest BCUT2D eigenvalue weighted by Gasteiger charge is 2.13. The summed E-state index contributed by atoms with van der Waals surface area (Å²) in [6.45, 7) is 27.3. The number of allylic oxidation sites excluding steroid dienone is 2. The lowest BCUT2D eigenvalue weighted by Gasteiger charge is -2.17. The molecule has 2 heteroatoms. The maximum atomic E-state index is 2.42. The quantitative estimate of drug-likeness (QED) is 0.405. The fourth-order valence-electron chi connectivity index (χ4n) is 1.22. The second-order valence-electron chi connectivity index (χ2n) is 7.89. The molecule has 0 N–H and O–H groups in total. The van der Waals surface area contributed by atoms with Gasteiger partial charge < -0.3 is 0 Å². The van der Waals surface area contributed by atoms with Gasteiger partial charge >= 0.3 is 0 Å². The van der Waals surface area contributed by atoms with E-state index in [1.54, 1.807) is 0 Å². The molecule has 0 heterocycles. The van der Waals surface area contributed by atoms with Gasteiger partial charge in [-0.3, -0.25) is 0 Å². The average Bonchev–Trinajstić information content (AvgIpc) is 1.97. The first-order chi connectivity index (χ1) is 7.79. The largest absolute Gasteiger partial charge is 0.0778 e. The Balaban J connectivity index is -0.000000200. The Morgan fingerprint density at radius 2 is 1.06 bits per heavy atom. The van der Waals surface area contributed by atoms with Crippen LogP contribution in [-0.2, 0) is 0 Å². The van der Waals surface area contributed by atoms with Crippen LogP contribution in [0.4, 0.5) is 0 Å². The summed E-state index contributed by atoms with van der Waals surface area (Å²) in [5.41, 5.74) is 2.85. The van der Waals surface area contributed by atoms with Crippen molar-refractivity contribution >= 4 is 16.9 Å². The maximum absolute atomic E-state index is 2.42. The van der Waals surface area contributed by atoms with Crippen molar-refractivity contribution in [1.29, 1.82) is 0 Å². The van der Waals surface area contributed by atoms with Gasteiger partial charge in [-0.15, -0.1) is 0 Å². The fourth-order valence-corrected chi connectivity index (χ4v) is 3.67. The van der Waals surface area contributed by atoms with Gasteiger partial charge in [-0.25, -0.2) is 0 Å². The summed E-state index contributed by atoms with van der Waals surface area (Å²) in [6.07, 6.45) is 0. The number of rotatable bonds is 2. The van der Waals surface area contributed by atoms with Gasteiger partial charge in [0.15, 0.2) is 0 Å². The van der Waals surface area contributed by atoms with E-state index in [-0.39, 0.29) is 8.80 Å². The van der Waals surface area contributed by atoms with Crippen LogP contribution in [-0.4, -0.2) is 16.9 Å². The summed E-state index contributed by atoms with van der Waals surface area (Å²) in [5, 5.41) is 0. The summed E-state index contributed by atoms with van der Waals surface area (Å²) in [5.74, 6) is 0.904. The lowest BCUT2D eigenvalue weighted by atomic mass is 10.2. The van der Waals surface area contributed by atoms with E-state index in [0.717, 1.165) is 5.92 Å². The predicted octanol–water partition coefficient (Wildman–Crippen LogP) is 6.45. The van der Waals surface area contributed by atoms with Crippen LogP contribution in [0.15, 0.2) is 11.1 Å². The van der Waals surface area contributed by atoms with Crippen LogP contribution in [0.3, 0.4) is 0 Å². The summed E-state index contributed by atoms with van der Waals surface area (Å²) < 4.78 is 0. The molecular formula is C16H40Si2. The highest BCUT2D eigenvalue weighted by molar-refractivity contribution is 6.76. The SMILES string of the molecule is CC(C)=C(C)C.CC(C)C[Si](C)(C)C.C[SiH](C)C. The summed E-state index contributed by atoms with van der Waals surface area (Å²) in [7, 11) is -0.859. The van der Waals surface area contributed by atoms with Crippen LogP contribution < -0.4 is 0 Å². The molecule has 0 unspecified atom stereocenters. The summed E-state index contributed by atoms with van der Waals surface area (Å²) >= 11 is 0. The predicted molar refractivity (Wildman–Crippen MR) is 97.5 cm³/mol. The van der Waals surface area contributed by atoms with Crippen LogP contribution in [0, 0.1) is 5.92 Å². The molecule has 0 aromatic heterocycles. The zero-order valence-corrected chi connectivity index (χ0v) is 17.5. The summed E-state index contributed by atoms with van der Waals surface area (Å²) in [6, 6.07) is 1.47. The van der Waals surface area contributed by atoms with Gasteiger partial charge in [-0.05, 0) is 33.6 Å². The minimum atomic E-state index is -0.720. The first-order valence-electron chi connectivity index (χ1n) is 7.40. The Labute approximate surface area is 121 Å². The molecule has 0 spiro atoms. The van der Waals surface area contributed by atoms with E-state index in [4.69, 9.17) is 0 Å². The van der Waals surface area contributed by atoms with Crippen molar-refractivity contribution in [3.8, 4) is 0 Å². The van der Waals surface area contributed by atoms with Crippen LogP contribution >= 0.6 is 0 Å². The first-order valence-corrected chi connectivity index (χ1v) is 14.6. The number of hydrogen-bond acceptors (Lipinski definition) is 0. The van der Waals surface area contributed by atoms with Gasteiger partial charge in [-0.1, -0.05) is 70.3 Å². The third-order valence-electron chi connectivity index (χ3n) is 2.02. The lowest BCUT2D eigenvalue weighted by Crippen LogP contribution is -2.21. The van der Waals surface area contributed by atoms with Gasteiger partial charge in [0, 0.05) is 16.9 Å². The molecule has 0 aliphatic rings. The van der Waals surface area contributed by atoms with E-state index >= 15 is 0 Å². The van der Waals surface area contributed by atoms with E-state index in [1.165, 1.54) is 17.2 Å². The third kappa shape index (κ3) is 44.2. The molecule has 0 amide bonds. The topological polar surface area (TPSA) is 0 Å². The van der Waals surface area contributed by atoms with Crippen LogP contribution in [0.5, 0.6) is 0 Å². The molecule has 0 aliphatic carbocycles. The van der Waals surface area contributed by atoms with Gasteiger partial charge in [0.1, 0.15) is 0 Å². The molecule has 0 fully saturated rings. The molecule has 0 aromatic rings. The minimum absolute atomic E-state index is 0.139. The normalized spacial score (nSPS) is 10.3. The Bertz CT molecular complexity index is 187. The van der Waals surface area contributed by atoms with Crippen molar-refractivity contribution in [1.82, 2.24) is 0 Å². The van der Waals surface area contributed by atoms with Crippen molar-refractivity contribution < 1.29 is 0 Å². The minimum Gasteiger partial charge on any atom is -0.0778 e. The van der Waals surface area contributed by atoms with Crippen molar-refractivity contribution in [2.24, 2.45) is 5.92 Å². The molecule has 0 radical (unpaired) electrons. The highest BCUT2D eigenvalue weighted by atomic mass is 28.3. The van der Waals surface area contributed by atoms with Gasteiger partial charge in [0.25, 0.3) is 0 Å². The zero-order chi connectivity index (χ0) is 15.5. The molecule has 0 rings (SSSR count). The van der Waals surface area contributed by atoms with Crippen LogP contribution in [0.25, 0.3) is 0 Å². The third-order valence-corrected chi connectivity index (χ3v) is 4.06.